The van der Waals surface area contributed by atoms with Gasteiger partial charge < -0.3 is 19.9 Å². The molecule has 0 spiro atoms. The Kier molecular flexibility index (Phi) is 8.90. The van der Waals surface area contributed by atoms with E-state index < -0.39 is 0 Å². The van der Waals surface area contributed by atoms with Gasteiger partial charge in [-0.25, -0.2) is 9.98 Å². The van der Waals surface area contributed by atoms with Crippen molar-refractivity contribution in [3.05, 3.63) is 23.9 Å². The highest BCUT2D eigenvalue weighted by atomic mass is 127. The van der Waals surface area contributed by atoms with E-state index in [0.29, 0.717) is 12.5 Å². The summed E-state index contributed by atoms with van der Waals surface area (Å²) < 4.78 is 5.30. The molecule has 6 nitrogen and oxygen atoms in total. The molecule has 2 aliphatic rings. The maximum absolute atomic E-state index is 5.30. The minimum atomic E-state index is 0. The summed E-state index contributed by atoms with van der Waals surface area (Å²) in [7, 11) is 1.78. The fraction of sp³-hybridized carbons (Fsp3) is 0.684. The minimum Gasteiger partial charge on any atom is -0.384 e. The number of hydrogen-bond donors (Lipinski definition) is 1. The summed E-state index contributed by atoms with van der Waals surface area (Å²) >= 11 is 0. The number of methoxy groups -OCH3 is 1. The van der Waals surface area contributed by atoms with Crippen LogP contribution in [0.25, 0.3) is 0 Å². The van der Waals surface area contributed by atoms with Crippen LogP contribution in [0.15, 0.2) is 23.3 Å². The third-order valence-corrected chi connectivity index (χ3v) is 4.97. The first-order chi connectivity index (χ1) is 12.3. The van der Waals surface area contributed by atoms with Gasteiger partial charge in [0.1, 0.15) is 5.82 Å². The summed E-state index contributed by atoms with van der Waals surface area (Å²) in [6.45, 7) is 8.83. The SMILES string of the molecule is CCNC(=NCc1ccc(N2CCCC2)nc1)N1CCC(COC)C1.I. The molecule has 2 fully saturated rings. The van der Waals surface area contributed by atoms with E-state index in [2.05, 4.69) is 39.2 Å². The average molecular weight is 473 g/mol. The van der Waals surface area contributed by atoms with Crippen LogP contribution < -0.4 is 10.2 Å². The summed E-state index contributed by atoms with van der Waals surface area (Å²) in [6, 6.07) is 4.29. The Morgan fingerprint density at radius 2 is 2.12 bits per heavy atom. The zero-order valence-electron chi connectivity index (χ0n) is 16.0. The van der Waals surface area contributed by atoms with Crippen LogP contribution >= 0.6 is 24.0 Å². The van der Waals surface area contributed by atoms with E-state index in [1.54, 1.807) is 7.11 Å². The quantitative estimate of drug-likeness (QED) is 0.391. The van der Waals surface area contributed by atoms with Gasteiger partial charge >= 0.3 is 0 Å². The molecule has 1 aromatic rings. The number of aliphatic imine (C=N–C) groups is 1. The molecule has 1 aromatic heterocycles. The Morgan fingerprint density at radius 3 is 2.77 bits per heavy atom. The van der Waals surface area contributed by atoms with Gasteiger partial charge in [0.15, 0.2) is 5.96 Å². The van der Waals surface area contributed by atoms with Gasteiger partial charge in [0.25, 0.3) is 0 Å². The highest BCUT2D eigenvalue weighted by molar-refractivity contribution is 14.0. The lowest BCUT2D eigenvalue weighted by Crippen LogP contribution is -2.40. The van der Waals surface area contributed by atoms with Crippen LogP contribution in [0.1, 0.15) is 31.7 Å². The van der Waals surface area contributed by atoms with Crippen LogP contribution in [0.5, 0.6) is 0 Å². The number of aromatic nitrogens is 1. The minimum absolute atomic E-state index is 0. The average Bonchev–Trinajstić information content (AvgIpc) is 3.31. The van der Waals surface area contributed by atoms with Crippen LogP contribution in [0.3, 0.4) is 0 Å². The summed E-state index contributed by atoms with van der Waals surface area (Å²) in [6.07, 6.45) is 5.70. The first kappa shape index (κ1) is 21.2. The van der Waals surface area contributed by atoms with E-state index >= 15 is 0 Å². The summed E-state index contributed by atoms with van der Waals surface area (Å²) in [5.74, 6) is 2.71. The van der Waals surface area contributed by atoms with Crippen molar-refractivity contribution in [2.75, 3.05) is 51.3 Å². The zero-order chi connectivity index (χ0) is 17.5. The third-order valence-electron chi connectivity index (χ3n) is 4.97. The number of guanidine groups is 1. The number of hydrogen-bond acceptors (Lipinski definition) is 4. The number of halogens is 1. The van der Waals surface area contributed by atoms with Crippen molar-refractivity contribution in [3.8, 4) is 0 Å². The van der Waals surface area contributed by atoms with Gasteiger partial charge in [0.05, 0.1) is 13.2 Å². The first-order valence-electron chi connectivity index (χ1n) is 9.52. The topological polar surface area (TPSA) is 53.0 Å². The van der Waals surface area contributed by atoms with E-state index in [1.165, 1.54) is 19.3 Å². The van der Waals surface area contributed by atoms with Crippen LogP contribution in [-0.2, 0) is 11.3 Å². The fourth-order valence-corrected chi connectivity index (χ4v) is 3.63. The van der Waals surface area contributed by atoms with Gasteiger partial charge in [-0.05, 0) is 37.8 Å². The number of rotatable bonds is 6. The smallest absolute Gasteiger partial charge is 0.194 e. The second-order valence-corrected chi connectivity index (χ2v) is 6.95. The van der Waals surface area contributed by atoms with Crippen molar-refractivity contribution in [2.24, 2.45) is 10.9 Å². The molecule has 0 radical (unpaired) electrons. The molecule has 2 saturated heterocycles. The second kappa shape index (κ2) is 10.9. The highest BCUT2D eigenvalue weighted by Gasteiger charge is 2.24. The van der Waals surface area contributed by atoms with E-state index in [9.17, 15) is 0 Å². The molecule has 0 bridgehead atoms. The number of anilines is 1. The predicted molar refractivity (Wildman–Crippen MR) is 117 cm³/mol. The lowest BCUT2D eigenvalue weighted by Gasteiger charge is -2.21. The summed E-state index contributed by atoms with van der Waals surface area (Å²) in [5.41, 5.74) is 1.16. The number of nitrogens with zero attached hydrogens (tertiary/aromatic N) is 4. The van der Waals surface area contributed by atoms with Gasteiger partial charge in [0, 0.05) is 51.9 Å². The van der Waals surface area contributed by atoms with Crippen molar-refractivity contribution in [1.29, 1.82) is 0 Å². The Balaban J connectivity index is 0.00000243. The Hall–Kier alpha value is -1.09. The van der Waals surface area contributed by atoms with Crippen molar-refractivity contribution < 1.29 is 4.74 Å². The maximum atomic E-state index is 5.30. The van der Waals surface area contributed by atoms with Crippen molar-refractivity contribution in [3.63, 3.8) is 0 Å². The number of nitrogens with one attached hydrogen (secondary N) is 1. The van der Waals surface area contributed by atoms with Crippen molar-refractivity contribution in [1.82, 2.24) is 15.2 Å². The van der Waals surface area contributed by atoms with Crippen LogP contribution in [-0.4, -0.2) is 62.3 Å². The standard InChI is InChI=1S/C19H31N5O.HI/c1-3-20-19(24-11-8-17(14-24)15-25-2)22-13-16-6-7-18(21-12-16)23-9-4-5-10-23;/h6-7,12,17H,3-5,8-11,13-15H2,1-2H3,(H,20,22);1H. The lowest BCUT2D eigenvalue weighted by atomic mass is 10.1. The predicted octanol–water partition coefficient (Wildman–Crippen LogP) is 2.73. The Morgan fingerprint density at radius 1 is 1.31 bits per heavy atom. The van der Waals surface area contributed by atoms with E-state index in [-0.39, 0.29) is 24.0 Å². The molecule has 2 aliphatic heterocycles. The number of likely N-dealkylation sites (tertiary alicyclic amines) is 1. The van der Waals surface area contributed by atoms with Crippen molar-refractivity contribution in [2.45, 2.75) is 32.7 Å². The van der Waals surface area contributed by atoms with Crippen LogP contribution in [0, 0.1) is 5.92 Å². The van der Waals surface area contributed by atoms with Crippen molar-refractivity contribution >= 4 is 35.8 Å². The van der Waals surface area contributed by atoms with Gasteiger partial charge in [-0.3, -0.25) is 0 Å². The van der Waals surface area contributed by atoms with Crippen LogP contribution in [0.2, 0.25) is 0 Å². The summed E-state index contributed by atoms with van der Waals surface area (Å²) in [5, 5.41) is 3.42. The molecular weight excluding hydrogens is 441 g/mol. The third kappa shape index (κ3) is 5.70. The molecule has 7 heteroatoms. The largest absolute Gasteiger partial charge is 0.384 e. The van der Waals surface area contributed by atoms with Gasteiger partial charge in [-0.1, -0.05) is 6.07 Å². The molecule has 26 heavy (non-hydrogen) atoms. The fourth-order valence-electron chi connectivity index (χ4n) is 3.63. The van der Waals surface area contributed by atoms with Gasteiger partial charge in [-0.15, -0.1) is 24.0 Å². The van der Waals surface area contributed by atoms with E-state index in [0.717, 1.165) is 56.7 Å². The molecule has 0 aliphatic carbocycles. The number of ether oxygens (including phenoxy) is 1. The molecule has 0 aromatic carbocycles. The van der Waals surface area contributed by atoms with E-state index in [4.69, 9.17) is 9.73 Å². The molecule has 0 saturated carbocycles. The first-order valence-corrected chi connectivity index (χ1v) is 9.52. The molecule has 146 valence electrons. The maximum Gasteiger partial charge on any atom is 0.194 e. The van der Waals surface area contributed by atoms with Gasteiger partial charge in [0.2, 0.25) is 0 Å². The van der Waals surface area contributed by atoms with Gasteiger partial charge in [-0.2, -0.15) is 0 Å². The monoisotopic (exact) mass is 473 g/mol. The Bertz CT molecular complexity index is 560. The molecule has 1 N–H and O–H groups in total. The molecule has 3 rings (SSSR count). The van der Waals surface area contributed by atoms with E-state index in [1.807, 2.05) is 6.20 Å². The molecular formula is C19H32IN5O. The molecule has 3 heterocycles. The zero-order valence-corrected chi connectivity index (χ0v) is 18.3. The second-order valence-electron chi connectivity index (χ2n) is 6.95. The molecule has 1 unspecified atom stereocenters. The summed E-state index contributed by atoms with van der Waals surface area (Å²) in [4.78, 5) is 14.2. The Labute approximate surface area is 174 Å². The normalized spacial score (nSPS) is 20.4. The molecule has 0 amide bonds. The molecule has 1 atom stereocenters. The number of pyridine rings is 1. The lowest BCUT2D eigenvalue weighted by molar-refractivity contribution is 0.157. The van der Waals surface area contributed by atoms with Crippen LogP contribution in [0.4, 0.5) is 5.82 Å². The highest BCUT2D eigenvalue weighted by Crippen LogP contribution is 2.19.